The van der Waals surface area contributed by atoms with Crippen molar-refractivity contribution in [1.29, 1.82) is 0 Å². The van der Waals surface area contributed by atoms with Gasteiger partial charge in [-0.2, -0.15) is 0 Å². The minimum Gasteiger partial charge on any atom is -0.493 e. The quantitative estimate of drug-likeness (QED) is 0.880. The smallest absolute Gasteiger partial charge is 0.255 e. The van der Waals surface area contributed by atoms with Crippen LogP contribution in [-0.2, 0) is 0 Å². The molecular formula is C15H15ClN2O3. The molecule has 0 aliphatic rings. The Kier molecular flexibility index (Phi) is 4.65. The fourth-order valence-electron chi connectivity index (χ4n) is 1.88. The molecule has 1 aromatic heterocycles. The lowest BCUT2D eigenvalue weighted by Gasteiger charge is -2.11. The lowest BCUT2D eigenvalue weighted by atomic mass is 10.2. The largest absolute Gasteiger partial charge is 0.493 e. The summed E-state index contributed by atoms with van der Waals surface area (Å²) >= 11 is 5.86. The number of hydrogen-bond acceptors (Lipinski definition) is 4. The molecular weight excluding hydrogens is 292 g/mol. The monoisotopic (exact) mass is 306 g/mol. The van der Waals surface area contributed by atoms with Crippen molar-refractivity contribution in [2.45, 2.75) is 6.92 Å². The number of carbonyl (C=O) groups excluding carboxylic acids is 1. The molecule has 1 N–H and O–H groups in total. The number of benzene rings is 1. The molecule has 110 valence electrons. The number of methoxy groups -OCH3 is 2. The summed E-state index contributed by atoms with van der Waals surface area (Å²) in [5.74, 6) is 0.868. The lowest BCUT2D eigenvalue weighted by Crippen LogP contribution is -2.12. The van der Waals surface area contributed by atoms with E-state index in [1.165, 1.54) is 13.2 Å². The van der Waals surface area contributed by atoms with Gasteiger partial charge in [-0.1, -0.05) is 11.6 Å². The molecule has 5 nitrogen and oxygen atoms in total. The maximum atomic E-state index is 12.2. The fourth-order valence-corrected chi connectivity index (χ4v) is 2.13. The van der Waals surface area contributed by atoms with Crippen LogP contribution in [0.5, 0.6) is 11.5 Å². The number of aryl methyl sites for hydroxylation is 1. The van der Waals surface area contributed by atoms with E-state index in [-0.39, 0.29) is 11.1 Å². The first-order valence-electron chi connectivity index (χ1n) is 6.21. The highest BCUT2D eigenvalue weighted by molar-refractivity contribution is 6.29. The number of anilines is 1. The molecule has 0 bridgehead atoms. The van der Waals surface area contributed by atoms with E-state index < -0.39 is 0 Å². The van der Waals surface area contributed by atoms with E-state index in [4.69, 9.17) is 21.1 Å². The van der Waals surface area contributed by atoms with Crippen LogP contribution in [0.3, 0.4) is 0 Å². The molecule has 2 aromatic rings. The number of aromatic nitrogens is 1. The summed E-state index contributed by atoms with van der Waals surface area (Å²) in [5, 5.41) is 3.06. The van der Waals surface area contributed by atoms with E-state index in [0.29, 0.717) is 28.4 Å². The molecule has 0 unspecified atom stereocenters. The van der Waals surface area contributed by atoms with Crippen LogP contribution in [0, 0.1) is 6.92 Å². The van der Waals surface area contributed by atoms with Crippen LogP contribution in [0.2, 0.25) is 5.15 Å². The molecule has 0 aliphatic heterocycles. The Morgan fingerprint density at radius 3 is 2.48 bits per heavy atom. The van der Waals surface area contributed by atoms with Crippen LogP contribution in [0.4, 0.5) is 5.69 Å². The summed E-state index contributed by atoms with van der Waals surface area (Å²) in [6.45, 7) is 1.78. The second kappa shape index (κ2) is 6.45. The van der Waals surface area contributed by atoms with E-state index >= 15 is 0 Å². The Bertz CT molecular complexity index is 654. The van der Waals surface area contributed by atoms with Gasteiger partial charge in [0.05, 0.1) is 14.2 Å². The van der Waals surface area contributed by atoms with Crippen molar-refractivity contribution in [2.75, 3.05) is 19.5 Å². The van der Waals surface area contributed by atoms with Gasteiger partial charge < -0.3 is 14.8 Å². The summed E-state index contributed by atoms with van der Waals surface area (Å²) in [7, 11) is 3.09. The first-order valence-corrected chi connectivity index (χ1v) is 6.59. The maximum absolute atomic E-state index is 12.2. The van der Waals surface area contributed by atoms with Crippen LogP contribution >= 0.6 is 11.6 Å². The summed E-state index contributed by atoms with van der Waals surface area (Å²) in [5.41, 5.74) is 1.73. The van der Waals surface area contributed by atoms with Gasteiger partial charge in [0.25, 0.3) is 5.91 Å². The molecule has 1 heterocycles. The van der Waals surface area contributed by atoms with Crippen molar-refractivity contribution < 1.29 is 14.3 Å². The number of nitrogens with one attached hydrogen (secondary N) is 1. The van der Waals surface area contributed by atoms with Gasteiger partial charge >= 0.3 is 0 Å². The second-order valence-electron chi connectivity index (χ2n) is 4.34. The third kappa shape index (κ3) is 3.64. The predicted molar refractivity (Wildman–Crippen MR) is 81.5 cm³/mol. The Balaban J connectivity index is 2.23. The molecule has 0 atom stereocenters. The summed E-state index contributed by atoms with van der Waals surface area (Å²) in [4.78, 5) is 16.2. The Morgan fingerprint density at radius 1 is 1.14 bits per heavy atom. The van der Waals surface area contributed by atoms with Crippen LogP contribution in [0.25, 0.3) is 0 Å². The van der Waals surface area contributed by atoms with Gasteiger partial charge in [0.2, 0.25) is 0 Å². The number of hydrogen-bond donors (Lipinski definition) is 1. The average Bonchev–Trinajstić information content (AvgIpc) is 2.46. The minimum atomic E-state index is -0.269. The number of ether oxygens (including phenoxy) is 2. The van der Waals surface area contributed by atoms with E-state index in [1.54, 1.807) is 38.3 Å². The highest BCUT2D eigenvalue weighted by Crippen LogP contribution is 2.29. The molecule has 0 saturated carbocycles. The lowest BCUT2D eigenvalue weighted by molar-refractivity contribution is 0.102. The molecule has 0 aliphatic carbocycles. The van der Waals surface area contributed by atoms with E-state index in [9.17, 15) is 4.79 Å². The topological polar surface area (TPSA) is 60.5 Å². The normalized spacial score (nSPS) is 10.1. The van der Waals surface area contributed by atoms with Crippen molar-refractivity contribution in [3.8, 4) is 11.5 Å². The van der Waals surface area contributed by atoms with Crippen LogP contribution in [0.1, 0.15) is 16.1 Å². The maximum Gasteiger partial charge on any atom is 0.255 e. The third-order valence-corrected chi connectivity index (χ3v) is 3.02. The van der Waals surface area contributed by atoms with Crippen molar-refractivity contribution in [3.63, 3.8) is 0 Å². The number of amides is 1. The summed E-state index contributed by atoms with van der Waals surface area (Å²) in [6, 6.07) is 8.33. The van der Waals surface area contributed by atoms with Crippen LogP contribution in [0.15, 0.2) is 30.3 Å². The number of nitrogens with zero attached hydrogens (tertiary/aromatic N) is 1. The zero-order valence-corrected chi connectivity index (χ0v) is 12.7. The molecule has 0 fully saturated rings. The van der Waals surface area contributed by atoms with Gasteiger partial charge in [-0.3, -0.25) is 4.79 Å². The molecule has 1 aromatic carbocycles. The predicted octanol–water partition coefficient (Wildman–Crippen LogP) is 3.31. The fraction of sp³-hybridized carbons (Fsp3) is 0.200. The number of rotatable bonds is 4. The van der Waals surface area contributed by atoms with Gasteiger partial charge in [0, 0.05) is 23.0 Å². The second-order valence-corrected chi connectivity index (χ2v) is 4.73. The number of pyridine rings is 1. The Hall–Kier alpha value is -2.27. The average molecular weight is 307 g/mol. The van der Waals surface area contributed by atoms with E-state index in [1.807, 2.05) is 0 Å². The number of carbonyl (C=O) groups is 1. The SMILES string of the molecule is COc1ccc(NC(=O)c2cc(C)nc(Cl)c2)cc1OC. The van der Waals surface area contributed by atoms with Crippen LogP contribution in [-0.4, -0.2) is 25.1 Å². The Labute approximate surface area is 127 Å². The Morgan fingerprint density at radius 2 is 1.86 bits per heavy atom. The zero-order valence-electron chi connectivity index (χ0n) is 11.9. The van der Waals surface area contributed by atoms with Gasteiger partial charge in [-0.15, -0.1) is 0 Å². The van der Waals surface area contributed by atoms with Crippen LogP contribution < -0.4 is 14.8 Å². The standard InChI is InChI=1S/C15H15ClN2O3/c1-9-6-10(7-14(16)17-9)15(19)18-11-4-5-12(20-2)13(8-11)21-3/h4-8H,1-3H3,(H,18,19). The van der Waals surface area contributed by atoms with Gasteiger partial charge in [-0.25, -0.2) is 4.98 Å². The summed E-state index contributed by atoms with van der Waals surface area (Å²) < 4.78 is 10.3. The molecule has 0 spiro atoms. The molecule has 0 saturated heterocycles. The zero-order chi connectivity index (χ0) is 15.4. The highest BCUT2D eigenvalue weighted by atomic mass is 35.5. The van der Waals surface area contributed by atoms with Gasteiger partial charge in [0.15, 0.2) is 11.5 Å². The molecule has 6 heteroatoms. The van der Waals surface area contributed by atoms with E-state index in [0.717, 1.165) is 0 Å². The molecule has 21 heavy (non-hydrogen) atoms. The van der Waals surface area contributed by atoms with Gasteiger partial charge in [-0.05, 0) is 31.2 Å². The first-order chi connectivity index (χ1) is 10.0. The van der Waals surface area contributed by atoms with Crippen molar-refractivity contribution in [1.82, 2.24) is 4.98 Å². The number of halogens is 1. The van der Waals surface area contributed by atoms with Gasteiger partial charge in [0.1, 0.15) is 5.15 Å². The molecule has 1 amide bonds. The highest BCUT2D eigenvalue weighted by Gasteiger charge is 2.10. The van der Waals surface area contributed by atoms with Crippen molar-refractivity contribution >= 4 is 23.2 Å². The summed E-state index contributed by atoms with van der Waals surface area (Å²) in [6.07, 6.45) is 0. The first kappa shape index (κ1) is 15.1. The molecule has 2 rings (SSSR count). The third-order valence-electron chi connectivity index (χ3n) is 2.83. The van der Waals surface area contributed by atoms with Crippen molar-refractivity contribution in [3.05, 3.63) is 46.7 Å². The minimum absolute atomic E-state index is 0.269. The van der Waals surface area contributed by atoms with E-state index in [2.05, 4.69) is 10.3 Å². The molecule has 0 radical (unpaired) electrons. The van der Waals surface area contributed by atoms with Crippen molar-refractivity contribution in [2.24, 2.45) is 0 Å².